The number of amides is 1. The highest BCUT2D eigenvalue weighted by atomic mass is 32.2. The minimum Gasteiger partial charge on any atom is -0.497 e. The number of halogens is 1. The summed E-state index contributed by atoms with van der Waals surface area (Å²) in [7, 11) is 3.13. The molecular formula is C22H20FN3O3S. The number of fused-ring (bicyclic) bond motifs is 1. The van der Waals surface area contributed by atoms with Gasteiger partial charge in [-0.1, -0.05) is 17.8 Å². The highest BCUT2D eigenvalue weighted by Crippen LogP contribution is 2.45. The molecule has 6 nitrogen and oxygen atoms in total. The van der Waals surface area contributed by atoms with Crippen LogP contribution in [0.3, 0.4) is 0 Å². The molecule has 0 radical (unpaired) electrons. The highest BCUT2D eigenvalue weighted by molar-refractivity contribution is 8.03. The number of carbonyl (C=O) groups is 1. The van der Waals surface area contributed by atoms with Gasteiger partial charge >= 0.3 is 0 Å². The lowest BCUT2D eigenvalue weighted by molar-refractivity contribution is -0.129. The number of carbonyl (C=O) groups excluding carboxylic acids is 1. The van der Waals surface area contributed by atoms with E-state index in [-0.39, 0.29) is 24.1 Å². The van der Waals surface area contributed by atoms with Crippen molar-refractivity contribution in [2.75, 3.05) is 31.7 Å². The van der Waals surface area contributed by atoms with Gasteiger partial charge in [0.05, 0.1) is 43.4 Å². The SMILES string of the molecule is COc1ccc(C2CC(=O)N3CN(c4ccc(F)cc4)CSC3=C2C#N)c(OC)c1. The largest absolute Gasteiger partial charge is 0.497 e. The maximum absolute atomic E-state index is 13.2. The summed E-state index contributed by atoms with van der Waals surface area (Å²) < 4.78 is 24.0. The molecule has 1 fully saturated rings. The number of anilines is 1. The van der Waals surface area contributed by atoms with Crippen LogP contribution in [0.4, 0.5) is 10.1 Å². The average molecular weight is 425 g/mol. The van der Waals surface area contributed by atoms with Crippen LogP contribution in [0.25, 0.3) is 0 Å². The zero-order chi connectivity index (χ0) is 21.3. The molecule has 0 spiro atoms. The van der Waals surface area contributed by atoms with E-state index in [1.54, 1.807) is 43.4 Å². The Morgan fingerprint density at radius 1 is 1.17 bits per heavy atom. The van der Waals surface area contributed by atoms with Crippen molar-refractivity contribution in [2.24, 2.45) is 0 Å². The number of benzene rings is 2. The van der Waals surface area contributed by atoms with E-state index in [0.717, 1.165) is 11.3 Å². The summed E-state index contributed by atoms with van der Waals surface area (Å²) >= 11 is 1.44. The normalized spacial score (nSPS) is 18.7. The minimum atomic E-state index is -0.375. The Kier molecular flexibility index (Phi) is 5.55. The van der Waals surface area contributed by atoms with Crippen molar-refractivity contribution >= 4 is 23.4 Å². The molecule has 2 aliphatic heterocycles. The van der Waals surface area contributed by atoms with Gasteiger partial charge in [-0.2, -0.15) is 5.26 Å². The molecule has 2 aliphatic rings. The van der Waals surface area contributed by atoms with E-state index in [9.17, 15) is 14.4 Å². The standard InChI is InChI=1S/C22H20FN3O3S/c1-28-16-7-8-17(20(9-16)29-2)18-10-21(27)26-12-25(13-30-22(26)19(18)11-24)15-5-3-14(23)4-6-15/h3-9,18H,10,12-13H2,1-2H3. The van der Waals surface area contributed by atoms with E-state index in [0.29, 0.717) is 34.6 Å². The number of allylic oxidation sites excluding steroid dienone is 1. The van der Waals surface area contributed by atoms with E-state index in [4.69, 9.17) is 9.47 Å². The second-order valence-corrected chi connectivity index (χ2v) is 7.88. The first-order chi connectivity index (χ1) is 14.5. The fourth-order valence-electron chi connectivity index (χ4n) is 3.75. The van der Waals surface area contributed by atoms with Gasteiger partial charge in [0, 0.05) is 29.7 Å². The number of ether oxygens (including phenoxy) is 2. The van der Waals surface area contributed by atoms with Gasteiger partial charge in [-0.25, -0.2) is 4.39 Å². The van der Waals surface area contributed by atoms with Crippen LogP contribution in [0.1, 0.15) is 17.9 Å². The van der Waals surface area contributed by atoms with Crippen LogP contribution >= 0.6 is 11.8 Å². The molecule has 154 valence electrons. The molecular weight excluding hydrogens is 405 g/mol. The van der Waals surface area contributed by atoms with Crippen molar-refractivity contribution in [2.45, 2.75) is 12.3 Å². The molecule has 2 heterocycles. The topological polar surface area (TPSA) is 65.8 Å². The number of thioether (sulfide) groups is 1. The Balaban J connectivity index is 1.68. The van der Waals surface area contributed by atoms with Crippen molar-refractivity contribution in [3.8, 4) is 17.6 Å². The first-order valence-electron chi connectivity index (χ1n) is 9.35. The van der Waals surface area contributed by atoms with Gasteiger partial charge in [-0.3, -0.25) is 9.69 Å². The van der Waals surface area contributed by atoms with Crippen LogP contribution in [0.2, 0.25) is 0 Å². The van der Waals surface area contributed by atoms with Crippen LogP contribution in [-0.4, -0.2) is 37.6 Å². The molecule has 2 aromatic rings. The third kappa shape index (κ3) is 3.57. The lowest BCUT2D eigenvalue weighted by atomic mass is 9.86. The predicted molar refractivity (Wildman–Crippen MR) is 113 cm³/mol. The second kappa shape index (κ2) is 8.28. The zero-order valence-corrected chi connectivity index (χ0v) is 17.4. The third-order valence-corrected chi connectivity index (χ3v) is 6.46. The number of hydrogen-bond donors (Lipinski definition) is 0. The van der Waals surface area contributed by atoms with Crippen molar-refractivity contribution < 1.29 is 18.7 Å². The number of nitrogens with zero attached hydrogens (tertiary/aromatic N) is 3. The van der Waals surface area contributed by atoms with Crippen LogP contribution in [0, 0.1) is 17.1 Å². The molecule has 1 unspecified atom stereocenters. The van der Waals surface area contributed by atoms with Crippen molar-refractivity contribution in [3.05, 3.63) is 64.4 Å². The summed E-state index contributed by atoms with van der Waals surface area (Å²) in [5, 5.41) is 10.6. The summed E-state index contributed by atoms with van der Waals surface area (Å²) in [6.07, 6.45) is 0.174. The molecule has 30 heavy (non-hydrogen) atoms. The Hall–Kier alpha value is -3.18. The molecule has 0 aromatic heterocycles. The average Bonchev–Trinajstić information content (AvgIpc) is 2.79. The zero-order valence-electron chi connectivity index (χ0n) is 16.6. The molecule has 0 saturated carbocycles. The fraction of sp³-hybridized carbons (Fsp3) is 0.273. The van der Waals surface area contributed by atoms with E-state index < -0.39 is 0 Å². The van der Waals surface area contributed by atoms with Gasteiger partial charge < -0.3 is 14.4 Å². The van der Waals surface area contributed by atoms with Crippen LogP contribution in [0.5, 0.6) is 11.5 Å². The summed E-state index contributed by atoms with van der Waals surface area (Å²) in [4.78, 5) is 16.7. The Labute approximate surface area is 178 Å². The molecule has 4 rings (SSSR count). The molecule has 1 amide bonds. The summed E-state index contributed by atoms with van der Waals surface area (Å²) in [5.41, 5.74) is 2.17. The van der Waals surface area contributed by atoms with Crippen LogP contribution in [-0.2, 0) is 4.79 Å². The lowest BCUT2D eigenvalue weighted by Crippen LogP contribution is -2.47. The predicted octanol–water partition coefficient (Wildman–Crippen LogP) is 4.06. The molecule has 2 aromatic carbocycles. The van der Waals surface area contributed by atoms with E-state index in [1.807, 2.05) is 11.0 Å². The molecule has 0 N–H and O–H groups in total. The number of methoxy groups -OCH3 is 2. The van der Waals surface area contributed by atoms with Gasteiger partial charge in [0.1, 0.15) is 17.3 Å². The first-order valence-corrected chi connectivity index (χ1v) is 10.3. The Morgan fingerprint density at radius 2 is 1.93 bits per heavy atom. The Morgan fingerprint density at radius 3 is 2.60 bits per heavy atom. The van der Waals surface area contributed by atoms with Crippen LogP contribution < -0.4 is 14.4 Å². The third-order valence-electron chi connectivity index (χ3n) is 5.30. The fourth-order valence-corrected chi connectivity index (χ4v) is 4.92. The van der Waals surface area contributed by atoms with E-state index in [1.165, 1.54) is 23.9 Å². The number of hydrogen-bond acceptors (Lipinski definition) is 6. The van der Waals surface area contributed by atoms with Crippen LogP contribution in [0.15, 0.2) is 53.1 Å². The molecule has 8 heteroatoms. The highest BCUT2D eigenvalue weighted by Gasteiger charge is 2.39. The summed E-state index contributed by atoms with van der Waals surface area (Å²) in [6.45, 7) is 0.324. The van der Waals surface area contributed by atoms with E-state index >= 15 is 0 Å². The monoisotopic (exact) mass is 425 g/mol. The van der Waals surface area contributed by atoms with Gasteiger partial charge in [-0.15, -0.1) is 0 Å². The smallest absolute Gasteiger partial charge is 0.229 e. The molecule has 1 atom stereocenters. The maximum Gasteiger partial charge on any atom is 0.229 e. The molecule has 0 aliphatic carbocycles. The second-order valence-electron chi connectivity index (χ2n) is 6.95. The lowest BCUT2D eigenvalue weighted by Gasteiger charge is -2.42. The Bertz CT molecular complexity index is 1050. The van der Waals surface area contributed by atoms with Gasteiger partial charge in [0.15, 0.2) is 0 Å². The number of rotatable bonds is 4. The maximum atomic E-state index is 13.2. The van der Waals surface area contributed by atoms with Crippen molar-refractivity contribution in [3.63, 3.8) is 0 Å². The van der Waals surface area contributed by atoms with Gasteiger partial charge in [0.25, 0.3) is 0 Å². The summed E-state index contributed by atoms with van der Waals surface area (Å²) in [6, 6.07) is 13.9. The first kappa shape index (κ1) is 20.1. The quantitative estimate of drug-likeness (QED) is 0.736. The van der Waals surface area contributed by atoms with Crippen molar-refractivity contribution in [1.82, 2.24) is 4.90 Å². The van der Waals surface area contributed by atoms with E-state index in [2.05, 4.69) is 6.07 Å². The van der Waals surface area contributed by atoms with Gasteiger partial charge in [0.2, 0.25) is 5.91 Å². The summed E-state index contributed by atoms with van der Waals surface area (Å²) in [5.74, 6) is 1.05. The molecule has 0 bridgehead atoms. The molecule has 1 saturated heterocycles. The van der Waals surface area contributed by atoms with Crippen molar-refractivity contribution in [1.29, 1.82) is 5.26 Å². The number of nitriles is 1. The minimum absolute atomic E-state index is 0.0637. The van der Waals surface area contributed by atoms with Gasteiger partial charge in [-0.05, 0) is 30.3 Å².